The molecule has 2 rings (SSSR count). The number of hydrogen-bond donors (Lipinski definition) is 2. The molecule has 0 amide bonds. The van der Waals surface area contributed by atoms with E-state index in [0.717, 1.165) is 6.42 Å². The number of rotatable bonds is 3. The zero-order valence-corrected chi connectivity index (χ0v) is 8.87. The normalized spacial score (nSPS) is 10.6. The summed E-state index contributed by atoms with van der Waals surface area (Å²) in [6.07, 6.45) is 0.907. The number of H-pyrrole nitrogens is 2. The lowest BCUT2D eigenvalue weighted by molar-refractivity contribution is 0.318. The lowest BCUT2D eigenvalue weighted by Crippen LogP contribution is -2.21. The first-order chi connectivity index (χ1) is 7.70. The molecule has 0 unspecified atom stereocenters. The number of aromatic nitrogens is 2. The van der Waals surface area contributed by atoms with Gasteiger partial charge in [0.05, 0.1) is 17.5 Å². The lowest BCUT2D eigenvalue weighted by Gasteiger charge is -2.04. The number of hydrogen-bond acceptors (Lipinski definition) is 3. The van der Waals surface area contributed by atoms with Crippen molar-refractivity contribution < 1.29 is 4.74 Å². The largest absolute Gasteiger partial charge is 0.494 e. The van der Waals surface area contributed by atoms with Crippen molar-refractivity contribution >= 4 is 10.9 Å². The highest BCUT2D eigenvalue weighted by molar-refractivity contribution is 5.78. The van der Waals surface area contributed by atoms with Crippen LogP contribution in [0.15, 0.2) is 27.8 Å². The third kappa shape index (κ3) is 1.98. The van der Waals surface area contributed by atoms with Gasteiger partial charge in [-0.2, -0.15) is 0 Å². The Morgan fingerprint density at radius 2 is 2.06 bits per heavy atom. The summed E-state index contributed by atoms with van der Waals surface area (Å²) < 4.78 is 5.41. The molecule has 0 aliphatic carbocycles. The second-order valence-corrected chi connectivity index (χ2v) is 3.46. The van der Waals surface area contributed by atoms with Gasteiger partial charge >= 0.3 is 5.69 Å². The summed E-state index contributed by atoms with van der Waals surface area (Å²) in [6.45, 7) is 2.62. The Kier molecular flexibility index (Phi) is 2.76. The summed E-state index contributed by atoms with van der Waals surface area (Å²) in [5.74, 6) is 0.649. The van der Waals surface area contributed by atoms with Crippen LogP contribution in [-0.4, -0.2) is 16.6 Å². The van der Waals surface area contributed by atoms with E-state index in [4.69, 9.17) is 4.74 Å². The molecular weight excluding hydrogens is 208 g/mol. The Bertz CT molecular complexity index is 612. The van der Waals surface area contributed by atoms with Crippen LogP contribution in [0.1, 0.15) is 13.3 Å². The van der Waals surface area contributed by atoms with Crippen molar-refractivity contribution in [2.45, 2.75) is 13.3 Å². The molecule has 0 saturated heterocycles. The maximum Gasteiger partial charge on any atom is 0.326 e. The fourth-order valence-electron chi connectivity index (χ4n) is 1.46. The first-order valence-corrected chi connectivity index (χ1v) is 5.10. The van der Waals surface area contributed by atoms with Crippen LogP contribution in [0.4, 0.5) is 0 Å². The second-order valence-electron chi connectivity index (χ2n) is 3.46. The van der Waals surface area contributed by atoms with E-state index in [1.54, 1.807) is 18.2 Å². The molecule has 84 valence electrons. The molecule has 1 aromatic heterocycles. The summed E-state index contributed by atoms with van der Waals surface area (Å²) in [7, 11) is 0. The summed E-state index contributed by atoms with van der Waals surface area (Å²) in [5.41, 5.74) is -0.409. The molecule has 0 atom stereocenters. The van der Waals surface area contributed by atoms with Crippen LogP contribution in [0.3, 0.4) is 0 Å². The van der Waals surface area contributed by atoms with Crippen molar-refractivity contribution in [3.8, 4) is 5.75 Å². The van der Waals surface area contributed by atoms with Crippen molar-refractivity contribution in [1.29, 1.82) is 0 Å². The molecule has 0 aliphatic heterocycles. The molecular formula is C11H12N2O3. The molecule has 5 heteroatoms. The van der Waals surface area contributed by atoms with E-state index in [2.05, 4.69) is 9.97 Å². The summed E-state index contributed by atoms with van der Waals surface area (Å²) in [6, 6.07) is 5.00. The molecule has 1 heterocycles. The van der Waals surface area contributed by atoms with Gasteiger partial charge in [0.25, 0.3) is 5.56 Å². The molecule has 5 nitrogen and oxygen atoms in total. The fraction of sp³-hybridized carbons (Fsp3) is 0.273. The third-order valence-corrected chi connectivity index (χ3v) is 2.18. The summed E-state index contributed by atoms with van der Waals surface area (Å²) >= 11 is 0. The number of ether oxygens (including phenoxy) is 1. The van der Waals surface area contributed by atoms with Crippen LogP contribution in [0.25, 0.3) is 10.9 Å². The van der Waals surface area contributed by atoms with E-state index < -0.39 is 5.69 Å². The van der Waals surface area contributed by atoms with Crippen LogP contribution < -0.4 is 16.0 Å². The average molecular weight is 220 g/mol. The van der Waals surface area contributed by atoms with E-state index in [1.807, 2.05) is 6.92 Å². The van der Waals surface area contributed by atoms with Gasteiger partial charge in [-0.05, 0) is 18.6 Å². The predicted octanol–water partition coefficient (Wildman–Crippen LogP) is 1.01. The van der Waals surface area contributed by atoms with Gasteiger partial charge in [-0.1, -0.05) is 6.92 Å². The predicted molar refractivity (Wildman–Crippen MR) is 61.0 cm³/mol. The highest BCUT2D eigenvalue weighted by Crippen LogP contribution is 2.15. The number of aromatic amines is 2. The molecule has 0 fully saturated rings. The highest BCUT2D eigenvalue weighted by Gasteiger charge is 2.02. The first kappa shape index (κ1) is 10.5. The van der Waals surface area contributed by atoms with E-state index in [-0.39, 0.29) is 5.56 Å². The Morgan fingerprint density at radius 3 is 2.81 bits per heavy atom. The Morgan fingerprint density at radius 1 is 1.25 bits per heavy atom. The van der Waals surface area contributed by atoms with Gasteiger partial charge in [-0.25, -0.2) is 4.79 Å². The highest BCUT2D eigenvalue weighted by atomic mass is 16.5. The van der Waals surface area contributed by atoms with E-state index in [0.29, 0.717) is 23.3 Å². The zero-order valence-electron chi connectivity index (χ0n) is 8.87. The van der Waals surface area contributed by atoms with Crippen molar-refractivity contribution in [3.63, 3.8) is 0 Å². The molecule has 0 aliphatic rings. The van der Waals surface area contributed by atoms with Gasteiger partial charge in [0.15, 0.2) is 0 Å². The van der Waals surface area contributed by atoms with Gasteiger partial charge in [0, 0.05) is 6.07 Å². The Hall–Kier alpha value is -2.04. The van der Waals surface area contributed by atoms with Crippen LogP contribution in [0, 0.1) is 0 Å². The summed E-state index contributed by atoms with van der Waals surface area (Å²) in [5, 5.41) is 0.448. The summed E-state index contributed by atoms with van der Waals surface area (Å²) in [4.78, 5) is 27.2. The standard InChI is InChI=1S/C11H12N2O3/c1-2-5-16-7-3-4-8-9(6-7)12-11(15)13-10(8)14/h3-4,6H,2,5H2,1H3,(H2,12,13,14,15). The molecule has 0 radical (unpaired) electrons. The molecule has 1 aromatic carbocycles. The zero-order chi connectivity index (χ0) is 11.5. The number of fused-ring (bicyclic) bond motifs is 1. The minimum atomic E-state index is -0.509. The SMILES string of the molecule is CCCOc1ccc2c(=O)[nH]c(=O)[nH]c2c1. The fourth-order valence-corrected chi connectivity index (χ4v) is 1.46. The molecule has 0 saturated carbocycles. The third-order valence-electron chi connectivity index (χ3n) is 2.18. The van der Waals surface area contributed by atoms with Crippen molar-refractivity contribution in [2.24, 2.45) is 0 Å². The number of benzene rings is 1. The maximum atomic E-state index is 11.4. The van der Waals surface area contributed by atoms with Gasteiger partial charge in [0.2, 0.25) is 0 Å². The van der Waals surface area contributed by atoms with Crippen LogP contribution >= 0.6 is 0 Å². The Labute approximate surface area is 91.1 Å². The monoisotopic (exact) mass is 220 g/mol. The molecule has 2 aromatic rings. The minimum Gasteiger partial charge on any atom is -0.494 e. The molecule has 16 heavy (non-hydrogen) atoms. The van der Waals surface area contributed by atoms with Crippen molar-refractivity contribution in [2.75, 3.05) is 6.61 Å². The molecule has 0 spiro atoms. The van der Waals surface area contributed by atoms with E-state index >= 15 is 0 Å². The lowest BCUT2D eigenvalue weighted by atomic mass is 10.2. The van der Waals surface area contributed by atoms with Crippen molar-refractivity contribution in [1.82, 2.24) is 9.97 Å². The van der Waals surface area contributed by atoms with Gasteiger partial charge < -0.3 is 9.72 Å². The van der Waals surface area contributed by atoms with Crippen LogP contribution in [0.5, 0.6) is 5.75 Å². The van der Waals surface area contributed by atoms with Crippen LogP contribution in [0.2, 0.25) is 0 Å². The van der Waals surface area contributed by atoms with Gasteiger partial charge in [0.1, 0.15) is 5.75 Å². The van der Waals surface area contributed by atoms with Crippen LogP contribution in [-0.2, 0) is 0 Å². The second kappa shape index (κ2) is 4.22. The van der Waals surface area contributed by atoms with Crippen molar-refractivity contribution in [3.05, 3.63) is 39.0 Å². The Balaban J connectivity index is 2.53. The van der Waals surface area contributed by atoms with Gasteiger partial charge in [-0.15, -0.1) is 0 Å². The van der Waals surface area contributed by atoms with E-state index in [1.165, 1.54) is 0 Å². The minimum absolute atomic E-state index is 0.388. The average Bonchev–Trinajstić information content (AvgIpc) is 2.25. The topological polar surface area (TPSA) is 75.0 Å². The van der Waals surface area contributed by atoms with E-state index in [9.17, 15) is 9.59 Å². The smallest absolute Gasteiger partial charge is 0.326 e. The quantitative estimate of drug-likeness (QED) is 0.810. The first-order valence-electron chi connectivity index (χ1n) is 5.10. The molecule has 0 bridgehead atoms. The van der Waals surface area contributed by atoms with Gasteiger partial charge in [-0.3, -0.25) is 9.78 Å². The number of nitrogens with one attached hydrogen (secondary N) is 2. The molecule has 2 N–H and O–H groups in total. The maximum absolute atomic E-state index is 11.4.